The second-order valence-electron chi connectivity index (χ2n) is 6.89. The van der Waals surface area contributed by atoms with Gasteiger partial charge >= 0.3 is 0 Å². The monoisotopic (exact) mass is 417 g/mol. The van der Waals surface area contributed by atoms with Crippen molar-refractivity contribution in [1.29, 1.82) is 0 Å². The summed E-state index contributed by atoms with van der Waals surface area (Å²) in [6.07, 6.45) is 0.803. The summed E-state index contributed by atoms with van der Waals surface area (Å²) >= 11 is 12.1. The topological polar surface area (TPSA) is 68.0 Å². The van der Waals surface area contributed by atoms with Gasteiger partial charge in [-0.2, -0.15) is 4.98 Å². The van der Waals surface area contributed by atoms with Crippen LogP contribution in [0.3, 0.4) is 0 Å². The number of para-hydroxylation sites is 1. The molecule has 1 N–H and O–H groups in total. The van der Waals surface area contributed by atoms with E-state index in [-0.39, 0.29) is 18.2 Å². The van der Waals surface area contributed by atoms with Crippen LogP contribution in [0.25, 0.3) is 11.5 Å². The lowest BCUT2D eigenvalue weighted by Crippen LogP contribution is -2.14. The summed E-state index contributed by atoms with van der Waals surface area (Å²) in [7, 11) is 0. The molecule has 28 heavy (non-hydrogen) atoms. The smallest absolute Gasteiger partial charge is 0.260 e. The van der Waals surface area contributed by atoms with E-state index < -0.39 is 0 Å². The van der Waals surface area contributed by atoms with Crippen LogP contribution in [0, 0.1) is 6.92 Å². The Morgan fingerprint density at radius 2 is 2.00 bits per heavy atom. The molecule has 5 nitrogen and oxygen atoms in total. The highest BCUT2D eigenvalue weighted by Gasteiger charge is 2.17. The van der Waals surface area contributed by atoms with Gasteiger partial charge in [0.2, 0.25) is 5.91 Å². The van der Waals surface area contributed by atoms with Gasteiger partial charge in [-0.25, -0.2) is 0 Å². The van der Waals surface area contributed by atoms with E-state index in [2.05, 4.69) is 15.5 Å². The van der Waals surface area contributed by atoms with Gasteiger partial charge in [-0.1, -0.05) is 60.4 Å². The minimum atomic E-state index is -0.120. The van der Waals surface area contributed by atoms with Gasteiger partial charge < -0.3 is 9.84 Å². The van der Waals surface area contributed by atoms with Crippen molar-refractivity contribution >= 4 is 34.8 Å². The largest absolute Gasteiger partial charge is 0.334 e. The molecule has 7 heteroatoms. The molecule has 0 aliphatic carbocycles. The van der Waals surface area contributed by atoms with Gasteiger partial charge in [-0.3, -0.25) is 4.79 Å². The average molecular weight is 418 g/mol. The Balaban J connectivity index is 1.76. The van der Waals surface area contributed by atoms with Gasteiger partial charge in [0.1, 0.15) is 0 Å². The minimum Gasteiger partial charge on any atom is -0.334 e. The number of anilines is 1. The number of carbonyl (C=O) groups is 1. The van der Waals surface area contributed by atoms with E-state index >= 15 is 0 Å². The van der Waals surface area contributed by atoms with E-state index in [4.69, 9.17) is 27.7 Å². The van der Waals surface area contributed by atoms with Gasteiger partial charge in [0.25, 0.3) is 5.89 Å². The molecule has 0 bridgehead atoms. The summed E-state index contributed by atoms with van der Waals surface area (Å²) in [5, 5.41) is 8.12. The first-order chi connectivity index (χ1) is 13.3. The van der Waals surface area contributed by atoms with Gasteiger partial charge in [0, 0.05) is 22.4 Å². The summed E-state index contributed by atoms with van der Waals surface area (Å²) < 4.78 is 5.40. The third kappa shape index (κ3) is 4.72. The first kappa shape index (κ1) is 20.4. The van der Waals surface area contributed by atoms with Crippen LogP contribution >= 0.6 is 23.2 Å². The van der Waals surface area contributed by atoms with E-state index in [1.54, 1.807) is 12.1 Å². The lowest BCUT2D eigenvalue weighted by atomic mass is 10.1. The molecule has 0 unspecified atom stereocenters. The zero-order valence-corrected chi connectivity index (χ0v) is 17.4. The molecule has 0 aliphatic rings. The maximum absolute atomic E-state index is 12.6. The zero-order valence-electron chi connectivity index (χ0n) is 15.9. The lowest BCUT2D eigenvalue weighted by molar-refractivity contribution is -0.116. The van der Waals surface area contributed by atoms with E-state index in [1.165, 1.54) is 0 Å². The van der Waals surface area contributed by atoms with Crippen LogP contribution in [0.5, 0.6) is 0 Å². The number of benzene rings is 2. The van der Waals surface area contributed by atoms with Crippen molar-refractivity contribution < 1.29 is 9.32 Å². The third-order valence-electron chi connectivity index (χ3n) is 4.36. The number of hydrogen-bond acceptors (Lipinski definition) is 4. The van der Waals surface area contributed by atoms with Crippen LogP contribution in [-0.4, -0.2) is 16.0 Å². The normalized spacial score (nSPS) is 11.1. The Morgan fingerprint density at radius 1 is 1.21 bits per heavy atom. The molecule has 0 atom stereocenters. The van der Waals surface area contributed by atoms with Crippen molar-refractivity contribution in [1.82, 2.24) is 10.1 Å². The minimum absolute atomic E-state index is 0.120. The number of amides is 1. The summed E-state index contributed by atoms with van der Waals surface area (Å²) in [6, 6.07) is 11.0. The number of aryl methyl sites for hydroxylation is 2. The fraction of sp³-hybridized carbons (Fsp3) is 0.286. The quantitative estimate of drug-likeness (QED) is 0.529. The van der Waals surface area contributed by atoms with Crippen LogP contribution in [0.1, 0.15) is 43.1 Å². The predicted molar refractivity (Wildman–Crippen MR) is 112 cm³/mol. The number of nitrogens with one attached hydrogen (secondary N) is 1. The van der Waals surface area contributed by atoms with Gasteiger partial charge in [0.05, 0.1) is 11.3 Å². The van der Waals surface area contributed by atoms with Crippen molar-refractivity contribution in [2.45, 2.75) is 39.5 Å². The van der Waals surface area contributed by atoms with Crippen LogP contribution in [0.15, 0.2) is 40.9 Å². The molecule has 0 saturated heterocycles. The molecule has 0 spiro atoms. The molecular formula is C21H21Cl2N3O2. The Hall–Kier alpha value is -2.37. The van der Waals surface area contributed by atoms with E-state index in [0.717, 1.165) is 11.1 Å². The third-order valence-corrected chi connectivity index (χ3v) is 4.95. The van der Waals surface area contributed by atoms with E-state index in [0.29, 0.717) is 39.4 Å². The fourth-order valence-corrected chi connectivity index (χ4v) is 3.27. The van der Waals surface area contributed by atoms with Crippen LogP contribution in [0.2, 0.25) is 10.0 Å². The summed E-state index contributed by atoms with van der Waals surface area (Å²) in [6.45, 7) is 5.92. The van der Waals surface area contributed by atoms with E-state index in [1.807, 2.05) is 45.0 Å². The summed E-state index contributed by atoms with van der Waals surface area (Å²) in [5.41, 5.74) is 3.18. The van der Waals surface area contributed by atoms with Crippen molar-refractivity contribution in [3.05, 3.63) is 63.4 Å². The molecule has 146 valence electrons. The Morgan fingerprint density at radius 3 is 2.68 bits per heavy atom. The van der Waals surface area contributed by atoms with Crippen LogP contribution in [0.4, 0.5) is 5.69 Å². The van der Waals surface area contributed by atoms with Gasteiger partial charge in [-0.05, 0) is 42.7 Å². The number of hydrogen-bond donors (Lipinski definition) is 1. The lowest BCUT2D eigenvalue weighted by Gasteiger charge is -2.12. The van der Waals surface area contributed by atoms with Gasteiger partial charge in [0.15, 0.2) is 5.82 Å². The molecule has 0 fully saturated rings. The molecule has 0 saturated carbocycles. The SMILES string of the molecule is Cc1cccc(-c2nc(C(C)C)no2)c1NC(=O)CCc1ccc(Cl)cc1Cl. The maximum atomic E-state index is 12.6. The fourth-order valence-electron chi connectivity index (χ4n) is 2.77. The molecule has 3 rings (SSSR count). The van der Waals surface area contributed by atoms with Crippen molar-refractivity contribution in [2.75, 3.05) is 5.32 Å². The first-order valence-electron chi connectivity index (χ1n) is 9.02. The molecule has 0 radical (unpaired) electrons. The molecule has 2 aromatic carbocycles. The Kier molecular flexibility index (Phi) is 6.37. The van der Waals surface area contributed by atoms with Gasteiger partial charge in [-0.15, -0.1) is 0 Å². The number of aromatic nitrogens is 2. The predicted octanol–water partition coefficient (Wildman–Crippen LogP) is 6.05. The van der Waals surface area contributed by atoms with E-state index in [9.17, 15) is 4.79 Å². The Bertz CT molecular complexity index is 999. The second kappa shape index (κ2) is 8.76. The van der Waals surface area contributed by atoms with Crippen molar-refractivity contribution in [3.63, 3.8) is 0 Å². The molecule has 3 aromatic rings. The average Bonchev–Trinajstić information content (AvgIpc) is 3.13. The summed E-state index contributed by atoms with van der Waals surface area (Å²) in [4.78, 5) is 17.0. The number of halogens is 2. The molecule has 1 amide bonds. The second-order valence-corrected chi connectivity index (χ2v) is 7.74. The highest BCUT2D eigenvalue weighted by atomic mass is 35.5. The van der Waals surface area contributed by atoms with Crippen molar-refractivity contribution in [2.24, 2.45) is 0 Å². The number of carbonyl (C=O) groups excluding carboxylic acids is 1. The van der Waals surface area contributed by atoms with Crippen molar-refractivity contribution in [3.8, 4) is 11.5 Å². The number of rotatable bonds is 6. The molecule has 1 aromatic heterocycles. The standard InChI is InChI=1S/C21H21Cl2N3O2/c1-12(2)20-25-21(28-26-20)16-6-4-5-13(3)19(16)24-18(27)10-8-14-7-9-15(22)11-17(14)23/h4-7,9,11-12H,8,10H2,1-3H3,(H,24,27). The van der Waals surface area contributed by atoms with Crippen LogP contribution in [-0.2, 0) is 11.2 Å². The highest BCUT2D eigenvalue weighted by molar-refractivity contribution is 6.35. The molecule has 0 aliphatic heterocycles. The van der Waals surface area contributed by atoms with Crippen LogP contribution < -0.4 is 5.32 Å². The summed E-state index contributed by atoms with van der Waals surface area (Å²) in [5.74, 6) is 1.06. The number of nitrogens with zero attached hydrogens (tertiary/aromatic N) is 2. The first-order valence-corrected chi connectivity index (χ1v) is 9.78. The highest BCUT2D eigenvalue weighted by Crippen LogP contribution is 2.31. The molecule has 1 heterocycles. The maximum Gasteiger partial charge on any atom is 0.260 e. The molecular weight excluding hydrogens is 397 g/mol. The zero-order chi connectivity index (χ0) is 20.3. The Labute approximate surface area is 174 Å².